The van der Waals surface area contributed by atoms with Crippen LogP contribution in [-0.2, 0) is 16.2 Å². The molecule has 3 aliphatic heterocycles. The molecule has 0 spiro atoms. The summed E-state index contributed by atoms with van der Waals surface area (Å²) in [7, 11) is 0. The molecule has 0 saturated carbocycles. The van der Waals surface area contributed by atoms with Crippen molar-refractivity contribution in [3.63, 3.8) is 0 Å². The van der Waals surface area contributed by atoms with E-state index in [4.69, 9.17) is 14.2 Å². The Kier molecular flexibility index (Phi) is 5.95. The maximum Gasteiger partial charge on any atom is 0.294 e. The number of hydrogen-bond donors (Lipinski definition) is 0. The largest absolute Gasteiger partial charge is 0.489 e. The second-order valence-electron chi connectivity index (χ2n) is 7.90. The molecule has 0 aliphatic carbocycles. The molecule has 5 rings (SSSR count). The van der Waals surface area contributed by atoms with Gasteiger partial charge >= 0.3 is 0 Å². The molecule has 3 amide bonds. The quantitative estimate of drug-likeness (QED) is 0.601. The molecule has 2 aromatic rings. The molecular weight excluding hydrogens is 444 g/mol. The maximum atomic E-state index is 12.7. The Morgan fingerprint density at radius 3 is 2.58 bits per heavy atom. The number of likely N-dealkylation sites (tertiary alicyclic amines) is 1. The lowest BCUT2D eigenvalue weighted by atomic mass is 10.2. The van der Waals surface area contributed by atoms with Crippen LogP contribution >= 0.6 is 11.8 Å². The fourth-order valence-electron chi connectivity index (χ4n) is 3.85. The average molecular weight is 467 g/mol. The number of imide groups is 1. The second kappa shape index (κ2) is 9.19. The van der Waals surface area contributed by atoms with Crippen molar-refractivity contribution in [2.75, 3.05) is 26.4 Å². The number of rotatable bonds is 6. The molecule has 33 heavy (non-hydrogen) atoms. The van der Waals surface area contributed by atoms with E-state index in [-0.39, 0.29) is 19.2 Å². The van der Waals surface area contributed by atoms with E-state index < -0.39 is 11.1 Å². The van der Waals surface area contributed by atoms with Crippen molar-refractivity contribution in [1.82, 2.24) is 9.80 Å². The van der Waals surface area contributed by atoms with Crippen LogP contribution < -0.4 is 14.2 Å². The maximum absolute atomic E-state index is 12.7. The Morgan fingerprint density at radius 1 is 1.03 bits per heavy atom. The topological polar surface area (TPSA) is 85.4 Å². The molecule has 0 unspecified atom stereocenters. The summed E-state index contributed by atoms with van der Waals surface area (Å²) >= 11 is 0.857. The number of amides is 3. The van der Waals surface area contributed by atoms with Crippen molar-refractivity contribution < 1.29 is 28.6 Å². The van der Waals surface area contributed by atoms with Gasteiger partial charge in [-0.25, -0.2) is 0 Å². The van der Waals surface area contributed by atoms with Crippen LogP contribution in [0.4, 0.5) is 4.79 Å². The lowest BCUT2D eigenvalue weighted by Crippen LogP contribution is -2.40. The van der Waals surface area contributed by atoms with Crippen LogP contribution in [0.1, 0.15) is 24.0 Å². The third-order valence-corrected chi connectivity index (χ3v) is 6.55. The molecule has 0 aromatic heterocycles. The van der Waals surface area contributed by atoms with Crippen LogP contribution in [-0.4, -0.2) is 53.3 Å². The summed E-state index contributed by atoms with van der Waals surface area (Å²) in [4.78, 5) is 40.4. The number of benzene rings is 2. The van der Waals surface area contributed by atoms with Crippen molar-refractivity contribution in [2.45, 2.75) is 19.4 Å². The molecule has 0 atom stereocenters. The second-order valence-corrected chi connectivity index (χ2v) is 8.89. The zero-order chi connectivity index (χ0) is 22.8. The lowest BCUT2D eigenvalue weighted by molar-refractivity contribution is -0.135. The molecule has 0 radical (unpaired) electrons. The van der Waals surface area contributed by atoms with E-state index in [9.17, 15) is 14.4 Å². The van der Waals surface area contributed by atoms with Gasteiger partial charge in [-0.05, 0) is 66.1 Å². The van der Waals surface area contributed by atoms with Crippen LogP contribution in [0.25, 0.3) is 6.08 Å². The minimum atomic E-state index is -0.430. The first-order valence-corrected chi connectivity index (χ1v) is 11.5. The smallest absolute Gasteiger partial charge is 0.294 e. The van der Waals surface area contributed by atoms with E-state index in [1.165, 1.54) is 0 Å². The fraction of sp³-hybridized carbons (Fsp3) is 0.292. The number of ether oxygens (including phenoxy) is 3. The average Bonchev–Trinajstić information content (AvgIpc) is 3.57. The van der Waals surface area contributed by atoms with E-state index in [2.05, 4.69) is 0 Å². The molecule has 2 fully saturated rings. The van der Waals surface area contributed by atoms with E-state index in [1.54, 1.807) is 23.1 Å². The Morgan fingerprint density at radius 2 is 1.79 bits per heavy atom. The SMILES string of the molecule is O=C(CN1C(=O)S/C(=C\c2ccc(OCc3ccc4c(c3)OCO4)cc2)C1=O)N1CCCC1. The van der Waals surface area contributed by atoms with Crippen molar-refractivity contribution >= 4 is 34.9 Å². The first kappa shape index (κ1) is 21.4. The first-order valence-electron chi connectivity index (χ1n) is 10.7. The summed E-state index contributed by atoms with van der Waals surface area (Å²) < 4.78 is 16.5. The van der Waals surface area contributed by atoms with E-state index in [0.29, 0.717) is 36.1 Å². The van der Waals surface area contributed by atoms with Gasteiger partial charge in [-0.2, -0.15) is 0 Å². The molecule has 9 heteroatoms. The fourth-order valence-corrected chi connectivity index (χ4v) is 4.69. The Balaban J connectivity index is 1.19. The molecule has 2 saturated heterocycles. The zero-order valence-corrected chi connectivity index (χ0v) is 18.6. The zero-order valence-electron chi connectivity index (χ0n) is 17.8. The monoisotopic (exact) mass is 466 g/mol. The van der Waals surface area contributed by atoms with Gasteiger partial charge in [0.25, 0.3) is 11.1 Å². The van der Waals surface area contributed by atoms with Gasteiger partial charge in [-0.15, -0.1) is 0 Å². The number of carbonyl (C=O) groups excluding carboxylic acids is 3. The van der Waals surface area contributed by atoms with Gasteiger partial charge in [0.15, 0.2) is 11.5 Å². The molecule has 3 heterocycles. The van der Waals surface area contributed by atoms with Crippen molar-refractivity contribution in [3.05, 3.63) is 58.5 Å². The van der Waals surface area contributed by atoms with Gasteiger partial charge in [-0.3, -0.25) is 19.3 Å². The number of thioether (sulfide) groups is 1. The van der Waals surface area contributed by atoms with Crippen molar-refractivity contribution in [3.8, 4) is 17.2 Å². The van der Waals surface area contributed by atoms with E-state index >= 15 is 0 Å². The third-order valence-electron chi connectivity index (χ3n) is 5.65. The van der Waals surface area contributed by atoms with Gasteiger partial charge in [-0.1, -0.05) is 18.2 Å². The van der Waals surface area contributed by atoms with Crippen molar-refractivity contribution in [1.29, 1.82) is 0 Å². The summed E-state index contributed by atoms with van der Waals surface area (Å²) in [6.07, 6.45) is 3.58. The van der Waals surface area contributed by atoms with Crippen LogP contribution in [0.15, 0.2) is 47.4 Å². The first-order chi connectivity index (χ1) is 16.1. The van der Waals surface area contributed by atoms with Crippen LogP contribution in [0.2, 0.25) is 0 Å². The van der Waals surface area contributed by atoms with Crippen LogP contribution in [0.5, 0.6) is 17.2 Å². The molecule has 8 nitrogen and oxygen atoms in total. The number of nitrogens with zero attached hydrogens (tertiary/aromatic N) is 2. The summed E-state index contributed by atoms with van der Waals surface area (Å²) in [5, 5.41) is -0.414. The Hall–Kier alpha value is -3.46. The summed E-state index contributed by atoms with van der Waals surface area (Å²) in [5.74, 6) is 1.50. The van der Waals surface area contributed by atoms with Gasteiger partial charge < -0.3 is 19.1 Å². The Bertz CT molecular complexity index is 1120. The van der Waals surface area contributed by atoms with Crippen molar-refractivity contribution in [2.24, 2.45) is 0 Å². The van der Waals surface area contributed by atoms with Gasteiger partial charge in [0, 0.05) is 13.1 Å². The highest BCUT2D eigenvalue weighted by atomic mass is 32.2. The van der Waals surface area contributed by atoms with Crippen LogP contribution in [0.3, 0.4) is 0 Å². The number of carbonyl (C=O) groups is 3. The highest BCUT2D eigenvalue weighted by Gasteiger charge is 2.37. The predicted molar refractivity (Wildman–Crippen MR) is 122 cm³/mol. The molecular formula is C24H22N2O6S. The lowest BCUT2D eigenvalue weighted by Gasteiger charge is -2.18. The van der Waals surface area contributed by atoms with Crippen LogP contribution in [0, 0.1) is 0 Å². The number of hydrogen-bond acceptors (Lipinski definition) is 7. The highest BCUT2D eigenvalue weighted by Crippen LogP contribution is 2.34. The minimum absolute atomic E-state index is 0.181. The molecule has 0 bridgehead atoms. The van der Waals surface area contributed by atoms with Gasteiger partial charge in [0.1, 0.15) is 18.9 Å². The number of fused-ring (bicyclic) bond motifs is 1. The summed E-state index contributed by atoms with van der Waals surface area (Å²) in [6, 6.07) is 12.9. The Labute approximate surface area is 195 Å². The molecule has 2 aromatic carbocycles. The van der Waals surface area contributed by atoms with E-state index in [1.807, 2.05) is 30.3 Å². The van der Waals surface area contributed by atoms with E-state index in [0.717, 1.165) is 46.4 Å². The van der Waals surface area contributed by atoms with Gasteiger partial charge in [0.05, 0.1) is 4.91 Å². The minimum Gasteiger partial charge on any atom is -0.489 e. The standard InChI is InChI=1S/C24H22N2O6S/c27-22(25-9-1-2-10-25)13-26-23(28)21(33-24(26)29)12-16-3-6-18(7-4-16)30-14-17-5-8-19-20(11-17)32-15-31-19/h3-8,11-12H,1-2,9-10,13-15H2/b21-12-. The summed E-state index contributed by atoms with van der Waals surface area (Å²) in [6.45, 7) is 1.78. The third kappa shape index (κ3) is 4.68. The predicted octanol–water partition coefficient (Wildman–Crippen LogP) is 3.65. The normalized spacial score (nSPS) is 18.5. The molecule has 170 valence electrons. The molecule has 0 N–H and O–H groups in total. The summed E-state index contributed by atoms with van der Waals surface area (Å²) in [5.41, 5.74) is 1.72. The highest BCUT2D eigenvalue weighted by molar-refractivity contribution is 8.18. The molecule has 3 aliphatic rings. The van der Waals surface area contributed by atoms with Gasteiger partial charge in [0.2, 0.25) is 12.7 Å².